The Balaban J connectivity index is 0.000000193. The number of aryl methyl sites for hydroxylation is 2. The minimum Gasteiger partial charge on any atom is -0.475 e. The SMILES string of the molecule is Cc1ccc(-c2cc(C(C)(C)C)c3oc(C(=O)N4CCNC(=O)C4(C)C)cc3n2)cc1.Cc1ccc(-c2cc(C(C)(C)C)c3oc(C(=O)O)cc3n2)cc1. The Kier molecular flexibility index (Phi) is 9.77. The summed E-state index contributed by atoms with van der Waals surface area (Å²) in [6.07, 6.45) is 0. The lowest BCUT2D eigenvalue weighted by molar-refractivity contribution is -0.133. The largest absolute Gasteiger partial charge is 0.475 e. The van der Waals surface area contributed by atoms with Crippen LogP contribution in [-0.2, 0) is 15.6 Å². The molecule has 0 unspecified atom stereocenters. The Morgan fingerprint density at radius 1 is 0.722 bits per heavy atom. The number of furan rings is 2. The van der Waals surface area contributed by atoms with Gasteiger partial charge >= 0.3 is 5.97 Å². The summed E-state index contributed by atoms with van der Waals surface area (Å²) in [4.78, 5) is 47.8. The fourth-order valence-corrected chi connectivity index (χ4v) is 6.50. The number of piperazine rings is 1. The molecule has 10 heteroatoms. The molecule has 1 fully saturated rings. The predicted molar refractivity (Wildman–Crippen MR) is 211 cm³/mol. The molecular formula is C44H48N4O6. The van der Waals surface area contributed by atoms with Crippen LogP contribution in [0.25, 0.3) is 44.7 Å². The van der Waals surface area contributed by atoms with Crippen LogP contribution in [0.1, 0.15) is 98.8 Å². The standard InChI is InChI=1S/C25H29N3O3.C19H19NO3/c1-15-7-9-16(10-8-15)18-13-17(24(2,3)4)21-19(27-18)14-20(31-21)22(29)28-12-11-26-23(30)25(28,5)6;1-11-5-7-12(8-6-11)14-9-13(19(2,3)4)17-15(20-14)10-16(23-17)18(21)22/h7-10,13-14H,11-12H2,1-6H3,(H,26,30);5-10H,1-4H3,(H,21,22). The second kappa shape index (κ2) is 13.9. The molecule has 1 saturated heterocycles. The van der Waals surface area contributed by atoms with E-state index in [1.165, 1.54) is 17.2 Å². The van der Waals surface area contributed by atoms with E-state index in [0.717, 1.165) is 33.6 Å². The summed E-state index contributed by atoms with van der Waals surface area (Å²) >= 11 is 0. The zero-order chi connectivity index (χ0) is 39.3. The van der Waals surface area contributed by atoms with E-state index < -0.39 is 11.5 Å². The van der Waals surface area contributed by atoms with E-state index in [-0.39, 0.29) is 34.2 Å². The summed E-state index contributed by atoms with van der Waals surface area (Å²) in [7, 11) is 0. The Morgan fingerprint density at radius 3 is 1.57 bits per heavy atom. The molecule has 0 bridgehead atoms. The monoisotopic (exact) mass is 728 g/mol. The van der Waals surface area contributed by atoms with Gasteiger partial charge in [-0.2, -0.15) is 0 Å². The van der Waals surface area contributed by atoms with Crippen LogP contribution in [0.15, 0.2) is 81.6 Å². The van der Waals surface area contributed by atoms with Gasteiger partial charge in [-0.1, -0.05) is 101 Å². The summed E-state index contributed by atoms with van der Waals surface area (Å²) in [6.45, 7) is 21.0. The number of aromatic nitrogens is 2. The lowest BCUT2D eigenvalue weighted by Crippen LogP contribution is -2.63. The average molecular weight is 729 g/mol. The van der Waals surface area contributed by atoms with Gasteiger partial charge in [0.05, 0.1) is 11.4 Å². The van der Waals surface area contributed by atoms with Gasteiger partial charge in [-0.25, -0.2) is 14.8 Å². The van der Waals surface area contributed by atoms with Crippen LogP contribution in [-0.4, -0.2) is 56.4 Å². The van der Waals surface area contributed by atoms with E-state index in [2.05, 4.69) is 83.0 Å². The average Bonchev–Trinajstić information content (AvgIpc) is 3.73. The summed E-state index contributed by atoms with van der Waals surface area (Å²) < 4.78 is 11.6. The van der Waals surface area contributed by atoms with Crippen LogP contribution in [0.3, 0.4) is 0 Å². The van der Waals surface area contributed by atoms with E-state index in [4.69, 9.17) is 13.8 Å². The van der Waals surface area contributed by atoms with E-state index in [0.29, 0.717) is 35.3 Å². The number of carboxylic acids is 1. The van der Waals surface area contributed by atoms with Crippen molar-refractivity contribution in [1.82, 2.24) is 20.2 Å². The summed E-state index contributed by atoms with van der Waals surface area (Å²) in [5.74, 6) is -1.43. The van der Waals surface area contributed by atoms with Crippen molar-refractivity contribution in [1.29, 1.82) is 0 Å². The van der Waals surface area contributed by atoms with Gasteiger partial charge in [-0.15, -0.1) is 0 Å². The van der Waals surface area contributed by atoms with Crippen LogP contribution in [0, 0.1) is 13.8 Å². The first-order chi connectivity index (χ1) is 25.2. The first kappa shape index (κ1) is 38.0. The van der Waals surface area contributed by atoms with Gasteiger partial charge in [0.15, 0.2) is 16.9 Å². The van der Waals surface area contributed by atoms with Crippen molar-refractivity contribution >= 4 is 40.0 Å². The lowest BCUT2D eigenvalue weighted by atomic mass is 9.86. The fraction of sp³-hybridized carbons (Fsp3) is 0.341. The molecule has 280 valence electrons. The van der Waals surface area contributed by atoms with Gasteiger partial charge in [0.25, 0.3) is 5.91 Å². The van der Waals surface area contributed by atoms with Crippen molar-refractivity contribution in [2.45, 2.75) is 85.6 Å². The van der Waals surface area contributed by atoms with Crippen molar-refractivity contribution in [3.8, 4) is 22.5 Å². The maximum atomic E-state index is 13.3. The number of nitrogens with one attached hydrogen (secondary N) is 1. The highest BCUT2D eigenvalue weighted by Crippen LogP contribution is 2.37. The van der Waals surface area contributed by atoms with Crippen LogP contribution in [0.2, 0.25) is 0 Å². The molecule has 0 aliphatic carbocycles. The highest BCUT2D eigenvalue weighted by molar-refractivity contribution is 6.00. The first-order valence-electron chi connectivity index (χ1n) is 18.1. The molecule has 4 aromatic heterocycles. The lowest BCUT2D eigenvalue weighted by Gasteiger charge is -2.40. The highest BCUT2D eigenvalue weighted by atomic mass is 16.4. The molecule has 0 saturated carbocycles. The molecule has 1 aliphatic heterocycles. The van der Waals surface area contributed by atoms with Gasteiger partial charge in [0.1, 0.15) is 16.6 Å². The third kappa shape index (κ3) is 7.51. The summed E-state index contributed by atoms with van der Waals surface area (Å²) in [6, 6.07) is 23.6. The number of nitrogens with zero attached hydrogens (tertiary/aromatic N) is 3. The third-order valence-corrected chi connectivity index (χ3v) is 9.79. The number of hydrogen-bond acceptors (Lipinski definition) is 7. The van der Waals surface area contributed by atoms with Crippen molar-refractivity contribution in [2.75, 3.05) is 13.1 Å². The molecule has 5 heterocycles. The number of pyridine rings is 2. The second-order valence-electron chi connectivity index (χ2n) is 16.6. The van der Waals surface area contributed by atoms with Gasteiger partial charge < -0.3 is 24.2 Å². The number of fused-ring (bicyclic) bond motifs is 2. The van der Waals surface area contributed by atoms with Crippen LogP contribution >= 0.6 is 0 Å². The normalized spacial score (nSPS) is 14.5. The Hall–Kier alpha value is -5.77. The number of aromatic carboxylic acids is 1. The number of rotatable bonds is 4. The molecule has 2 N–H and O–H groups in total. The number of carbonyl (C=O) groups excluding carboxylic acids is 2. The van der Waals surface area contributed by atoms with Gasteiger partial charge in [0.2, 0.25) is 11.7 Å². The third-order valence-electron chi connectivity index (χ3n) is 9.79. The topological polar surface area (TPSA) is 139 Å². The predicted octanol–water partition coefficient (Wildman–Crippen LogP) is 9.25. The molecule has 10 nitrogen and oxygen atoms in total. The van der Waals surface area contributed by atoms with E-state index in [9.17, 15) is 19.5 Å². The minimum absolute atomic E-state index is 0.0842. The quantitative estimate of drug-likeness (QED) is 0.183. The number of carboxylic acid groups (broad SMARTS) is 1. The molecular weight excluding hydrogens is 681 g/mol. The molecule has 0 spiro atoms. The molecule has 6 aromatic rings. The second-order valence-corrected chi connectivity index (χ2v) is 16.6. The maximum absolute atomic E-state index is 13.3. The molecule has 2 aromatic carbocycles. The number of hydrogen-bond donors (Lipinski definition) is 2. The summed E-state index contributed by atoms with van der Waals surface area (Å²) in [5.41, 5.74) is 9.03. The number of carbonyl (C=O) groups is 3. The van der Waals surface area contributed by atoms with Crippen LogP contribution in [0.5, 0.6) is 0 Å². The van der Waals surface area contributed by atoms with Crippen molar-refractivity contribution in [3.05, 3.63) is 107 Å². The van der Waals surface area contributed by atoms with Crippen LogP contribution < -0.4 is 5.32 Å². The Labute approximate surface area is 315 Å². The number of benzene rings is 2. The summed E-state index contributed by atoms with van der Waals surface area (Å²) in [5, 5.41) is 12.0. The molecule has 2 amide bonds. The molecule has 7 rings (SSSR count). The zero-order valence-corrected chi connectivity index (χ0v) is 32.7. The van der Waals surface area contributed by atoms with E-state index in [1.54, 1.807) is 24.8 Å². The molecule has 0 radical (unpaired) electrons. The van der Waals surface area contributed by atoms with Gasteiger partial charge in [-0.3, -0.25) is 9.59 Å². The van der Waals surface area contributed by atoms with Crippen molar-refractivity contribution in [2.24, 2.45) is 0 Å². The molecule has 0 atom stereocenters. The van der Waals surface area contributed by atoms with Crippen molar-refractivity contribution < 1.29 is 28.3 Å². The van der Waals surface area contributed by atoms with E-state index >= 15 is 0 Å². The highest BCUT2D eigenvalue weighted by Gasteiger charge is 2.42. The van der Waals surface area contributed by atoms with Gasteiger partial charge in [0, 0.05) is 47.5 Å². The van der Waals surface area contributed by atoms with E-state index in [1.807, 2.05) is 43.3 Å². The molecule has 54 heavy (non-hydrogen) atoms. The van der Waals surface area contributed by atoms with Crippen molar-refractivity contribution in [3.63, 3.8) is 0 Å². The van der Waals surface area contributed by atoms with Crippen LogP contribution in [0.4, 0.5) is 0 Å². The molecule has 1 aliphatic rings. The minimum atomic E-state index is -1.08. The van der Waals surface area contributed by atoms with Gasteiger partial charge in [-0.05, 0) is 50.7 Å². The zero-order valence-electron chi connectivity index (χ0n) is 32.7. The first-order valence-corrected chi connectivity index (χ1v) is 18.1. The maximum Gasteiger partial charge on any atom is 0.371 e. The fourth-order valence-electron chi connectivity index (χ4n) is 6.50. The number of amides is 2. The Morgan fingerprint density at radius 2 is 1.15 bits per heavy atom. The Bertz CT molecular complexity index is 2390. The smallest absolute Gasteiger partial charge is 0.371 e.